The van der Waals surface area contributed by atoms with Crippen LogP contribution in [0.5, 0.6) is 0 Å². The smallest absolute Gasteiger partial charge is 0.255 e. The van der Waals surface area contributed by atoms with Gasteiger partial charge in [0.05, 0.1) is 24.8 Å². The van der Waals surface area contributed by atoms with Gasteiger partial charge in [-0.15, -0.1) is 0 Å². The van der Waals surface area contributed by atoms with Gasteiger partial charge in [-0.3, -0.25) is 9.59 Å². The van der Waals surface area contributed by atoms with E-state index >= 15 is 0 Å². The molecule has 3 rings (SSSR count). The van der Waals surface area contributed by atoms with Crippen LogP contribution >= 0.6 is 0 Å². The Kier molecular flexibility index (Phi) is 5.81. The summed E-state index contributed by atoms with van der Waals surface area (Å²) in [6.07, 6.45) is 0. The third-order valence-electron chi connectivity index (χ3n) is 4.50. The summed E-state index contributed by atoms with van der Waals surface area (Å²) in [4.78, 5) is 30.0. The zero-order valence-electron chi connectivity index (χ0n) is 15.2. The van der Waals surface area contributed by atoms with Crippen LogP contribution in [0.2, 0.25) is 0 Å². The molecule has 136 valence electrons. The highest BCUT2D eigenvalue weighted by Crippen LogP contribution is 2.19. The third-order valence-corrected chi connectivity index (χ3v) is 4.50. The lowest BCUT2D eigenvalue weighted by Gasteiger charge is -2.37. The summed E-state index contributed by atoms with van der Waals surface area (Å²) in [7, 11) is 3.95. The number of hydrogen-bond acceptors (Lipinski definition) is 4. The minimum Gasteiger partial charge on any atom is -0.377 e. The quantitative estimate of drug-likeness (QED) is 0.775. The molecule has 2 aromatic rings. The first-order valence-corrected chi connectivity index (χ1v) is 8.80. The van der Waals surface area contributed by atoms with Crippen molar-refractivity contribution in [1.82, 2.24) is 9.80 Å². The van der Waals surface area contributed by atoms with Crippen LogP contribution in [0.1, 0.15) is 26.3 Å². The van der Waals surface area contributed by atoms with E-state index in [1.165, 1.54) is 0 Å². The van der Waals surface area contributed by atoms with E-state index in [-0.39, 0.29) is 17.7 Å². The average Bonchev–Trinajstić information content (AvgIpc) is 2.67. The summed E-state index contributed by atoms with van der Waals surface area (Å²) in [5, 5.41) is 0. The monoisotopic (exact) mass is 352 g/mol. The Morgan fingerprint density at radius 3 is 2.38 bits per heavy atom. The van der Waals surface area contributed by atoms with Gasteiger partial charge in [0.25, 0.3) is 5.91 Å². The van der Waals surface area contributed by atoms with E-state index in [1.807, 2.05) is 42.1 Å². The predicted molar refractivity (Wildman–Crippen MR) is 101 cm³/mol. The molecule has 0 N–H and O–H groups in total. The Hall–Kier alpha value is -2.50. The number of benzene rings is 2. The highest BCUT2D eigenvalue weighted by Gasteiger charge is 2.30. The zero-order valence-corrected chi connectivity index (χ0v) is 15.2. The Bertz CT molecular complexity index is 774. The molecule has 1 aliphatic heterocycles. The first kappa shape index (κ1) is 18.3. The van der Waals surface area contributed by atoms with Crippen molar-refractivity contribution in [3.8, 4) is 0 Å². The number of amides is 1. The maximum absolute atomic E-state index is 13.2. The second-order valence-electron chi connectivity index (χ2n) is 6.73. The lowest BCUT2D eigenvalue weighted by molar-refractivity contribution is -0.00835. The Morgan fingerprint density at radius 2 is 1.69 bits per heavy atom. The fraction of sp³-hybridized carbons (Fsp3) is 0.333. The second kappa shape index (κ2) is 8.25. The molecule has 5 nitrogen and oxygen atoms in total. The molecular formula is C21H24N2O3. The van der Waals surface area contributed by atoms with Crippen molar-refractivity contribution < 1.29 is 14.3 Å². The van der Waals surface area contributed by atoms with Gasteiger partial charge < -0.3 is 14.5 Å². The summed E-state index contributed by atoms with van der Waals surface area (Å²) < 4.78 is 5.56. The van der Waals surface area contributed by atoms with Crippen molar-refractivity contribution >= 4 is 11.7 Å². The van der Waals surface area contributed by atoms with Gasteiger partial charge in [-0.2, -0.15) is 0 Å². The molecule has 0 bridgehead atoms. The molecule has 1 amide bonds. The van der Waals surface area contributed by atoms with Crippen molar-refractivity contribution in [1.29, 1.82) is 0 Å². The molecule has 0 unspecified atom stereocenters. The molecule has 0 aliphatic carbocycles. The summed E-state index contributed by atoms with van der Waals surface area (Å²) in [6.45, 7) is 2.29. The van der Waals surface area contributed by atoms with Crippen LogP contribution in [0, 0.1) is 0 Å². The molecule has 1 saturated heterocycles. The Morgan fingerprint density at radius 1 is 1.04 bits per heavy atom. The Labute approximate surface area is 154 Å². The molecule has 0 saturated carbocycles. The molecule has 1 heterocycles. The summed E-state index contributed by atoms with van der Waals surface area (Å²) in [5.74, 6) is -0.244. The number of nitrogens with zero attached hydrogens (tertiary/aromatic N) is 2. The highest BCUT2D eigenvalue weighted by molar-refractivity contribution is 6.15. The van der Waals surface area contributed by atoms with Crippen molar-refractivity contribution in [2.24, 2.45) is 0 Å². The molecule has 1 fully saturated rings. The predicted octanol–water partition coefficient (Wildman–Crippen LogP) is 2.32. The number of morpholine rings is 1. The standard InChI is InChI=1S/C21H24N2O3/c1-22(2)14-17-15-26-13-12-23(17)21(25)19-11-7-6-10-18(19)20(24)16-8-4-3-5-9-16/h3-11,17H,12-15H2,1-2H3/t17-/m1/s1. The number of hydrogen-bond donors (Lipinski definition) is 0. The molecule has 1 aliphatic rings. The van der Waals surface area contributed by atoms with E-state index in [0.29, 0.717) is 36.4 Å². The summed E-state index contributed by atoms with van der Waals surface area (Å²) in [6, 6.07) is 16.1. The lowest BCUT2D eigenvalue weighted by Crippen LogP contribution is -2.52. The minimum absolute atomic E-state index is 0.0221. The number of ketones is 1. The zero-order chi connectivity index (χ0) is 18.5. The summed E-state index contributed by atoms with van der Waals surface area (Å²) in [5.41, 5.74) is 1.48. The van der Waals surface area contributed by atoms with E-state index in [4.69, 9.17) is 4.74 Å². The first-order valence-electron chi connectivity index (χ1n) is 8.80. The lowest BCUT2D eigenvalue weighted by atomic mass is 9.97. The summed E-state index contributed by atoms with van der Waals surface area (Å²) >= 11 is 0. The molecule has 0 spiro atoms. The van der Waals surface area contributed by atoms with Gasteiger partial charge in [-0.05, 0) is 20.2 Å². The van der Waals surface area contributed by atoms with Gasteiger partial charge in [0, 0.05) is 24.2 Å². The van der Waals surface area contributed by atoms with Crippen LogP contribution < -0.4 is 0 Å². The first-order chi connectivity index (χ1) is 12.6. The molecule has 0 radical (unpaired) electrons. The maximum atomic E-state index is 13.2. The van der Waals surface area contributed by atoms with Crippen molar-refractivity contribution in [2.75, 3.05) is 40.4 Å². The van der Waals surface area contributed by atoms with Crippen molar-refractivity contribution in [3.63, 3.8) is 0 Å². The van der Waals surface area contributed by atoms with E-state index in [9.17, 15) is 9.59 Å². The molecule has 5 heteroatoms. The highest BCUT2D eigenvalue weighted by atomic mass is 16.5. The van der Waals surface area contributed by atoms with Gasteiger partial charge in [0.15, 0.2) is 5.78 Å². The second-order valence-corrected chi connectivity index (χ2v) is 6.73. The van der Waals surface area contributed by atoms with Crippen LogP contribution in [-0.4, -0.2) is 67.9 Å². The topological polar surface area (TPSA) is 49.9 Å². The number of likely N-dealkylation sites (N-methyl/N-ethyl adjacent to an activating group) is 1. The average molecular weight is 352 g/mol. The van der Waals surface area contributed by atoms with Crippen LogP contribution in [0.25, 0.3) is 0 Å². The molecule has 0 aromatic heterocycles. The number of carbonyl (C=O) groups excluding carboxylic acids is 2. The van der Waals surface area contributed by atoms with Crippen LogP contribution in [0.4, 0.5) is 0 Å². The minimum atomic E-state index is -0.132. The van der Waals surface area contributed by atoms with Gasteiger partial charge in [0.2, 0.25) is 0 Å². The third kappa shape index (κ3) is 4.00. The SMILES string of the molecule is CN(C)C[C@@H]1COCCN1C(=O)c1ccccc1C(=O)c1ccccc1. The number of carbonyl (C=O) groups is 2. The maximum Gasteiger partial charge on any atom is 0.255 e. The molecule has 26 heavy (non-hydrogen) atoms. The van der Waals surface area contributed by atoms with Crippen molar-refractivity contribution in [2.45, 2.75) is 6.04 Å². The molecular weight excluding hydrogens is 328 g/mol. The van der Waals surface area contributed by atoms with E-state index in [1.54, 1.807) is 36.4 Å². The Balaban J connectivity index is 1.91. The fourth-order valence-corrected chi connectivity index (χ4v) is 3.26. The molecule has 1 atom stereocenters. The number of ether oxygens (including phenoxy) is 1. The van der Waals surface area contributed by atoms with Gasteiger partial charge in [-0.25, -0.2) is 0 Å². The van der Waals surface area contributed by atoms with Crippen LogP contribution in [0.15, 0.2) is 54.6 Å². The van der Waals surface area contributed by atoms with Gasteiger partial charge >= 0.3 is 0 Å². The van der Waals surface area contributed by atoms with Crippen LogP contribution in [-0.2, 0) is 4.74 Å². The van der Waals surface area contributed by atoms with E-state index in [0.717, 1.165) is 6.54 Å². The van der Waals surface area contributed by atoms with Crippen LogP contribution in [0.3, 0.4) is 0 Å². The fourth-order valence-electron chi connectivity index (χ4n) is 3.26. The normalized spacial score (nSPS) is 17.3. The van der Waals surface area contributed by atoms with Crippen molar-refractivity contribution in [3.05, 3.63) is 71.3 Å². The van der Waals surface area contributed by atoms with E-state index in [2.05, 4.69) is 0 Å². The largest absolute Gasteiger partial charge is 0.377 e. The van der Waals surface area contributed by atoms with E-state index < -0.39 is 0 Å². The number of rotatable bonds is 5. The van der Waals surface area contributed by atoms with Gasteiger partial charge in [-0.1, -0.05) is 48.5 Å². The van der Waals surface area contributed by atoms with Gasteiger partial charge in [0.1, 0.15) is 0 Å². The molecule has 2 aromatic carbocycles.